The van der Waals surface area contributed by atoms with E-state index < -0.39 is 32.2 Å². The maximum atomic E-state index is 13.2. The number of halogens is 3. The topological polar surface area (TPSA) is 54.5 Å². The molecule has 0 atom stereocenters. The third-order valence-electron chi connectivity index (χ3n) is 3.60. The molecule has 2 rings (SSSR count). The third kappa shape index (κ3) is 4.39. The first-order valence-electron chi connectivity index (χ1n) is 7.41. The first kappa shape index (κ1) is 19.0. The second-order valence-electron chi connectivity index (χ2n) is 5.28. The van der Waals surface area contributed by atoms with E-state index in [2.05, 4.69) is 0 Å². The standard InChI is InChI=1S/C17H16F3NO3S/c1-2-21(11-12-4-3-5-14(18)10-12)16(22)13-6-8-15(9-7-13)25(23,24)17(19)20/h3-10,17H,2,11H2,1H3. The molecule has 0 saturated heterocycles. The maximum Gasteiger partial charge on any atom is 0.341 e. The Hall–Kier alpha value is -2.35. The number of nitrogens with zero attached hydrogens (tertiary/aromatic N) is 1. The molecule has 4 nitrogen and oxygen atoms in total. The highest BCUT2D eigenvalue weighted by Crippen LogP contribution is 2.19. The molecule has 0 saturated carbocycles. The molecule has 25 heavy (non-hydrogen) atoms. The van der Waals surface area contributed by atoms with E-state index in [1.165, 1.54) is 35.2 Å². The summed E-state index contributed by atoms with van der Waals surface area (Å²) >= 11 is 0. The van der Waals surface area contributed by atoms with Crippen LogP contribution in [0.2, 0.25) is 0 Å². The van der Waals surface area contributed by atoms with E-state index in [4.69, 9.17) is 0 Å². The molecule has 0 aliphatic carbocycles. The lowest BCUT2D eigenvalue weighted by Gasteiger charge is -2.21. The van der Waals surface area contributed by atoms with Crippen molar-refractivity contribution >= 4 is 15.7 Å². The van der Waals surface area contributed by atoms with Gasteiger partial charge in [-0.1, -0.05) is 12.1 Å². The molecule has 0 radical (unpaired) electrons. The van der Waals surface area contributed by atoms with E-state index in [-0.39, 0.29) is 12.1 Å². The monoisotopic (exact) mass is 371 g/mol. The van der Waals surface area contributed by atoms with Crippen molar-refractivity contribution in [3.63, 3.8) is 0 Å². The minimum atomic E-state index is -4.70. The van der Waals surface area contributed by atoms with Gasteiger partial charge in [0.1, 0.15) is 5.82 Å². The Kier molecular flexibility index (Phi) is 5.84. The van der Waals surface area contributed by atoms with Gasteiger partial charge in [-0.2, -0.15) is 8.78 Å². The zero-order valence-electron chi connectivity index (χ0n) is 13.3. The van der Waals surface area contributed by atoms with E-state index >= 15 is 0 Å². The molecule has 8 heteroatoms. The van der Waals surface area contributed by atoms with Crippen LogP contribution in [-0.2, 0) is 16.4 Å². The molecule has 0 aliphatic rings. The van der Waals surface area contributed by atoms with E-state index in [0.29, 0.717) is 12.1 Å². The molecule has 0 fully saturated rings. The number of hydrogen-bond donors (Lipinski definition) is 0. The molecular formula is C17H16F3NO3S. The van der Waals surface area contributed by atoms with Gasteiger partial charge >= 0.3 is 5.76 Å². The van der Waals surface area contributed by atoms with Crippen molar-refractivity contribution in [2.75, 3.05) is 6.54 Å². The van der Waals surface area contributed by atoms with Gasteiger partial charge in [-0.15, -0.1) is 0 Å². The van der Waals surface area contributed by atoms with Crippen LogP contribution >= 0.6 is 0 Å². The van der Waals surface area contributed by atoms with Crippen LogP contribution in [0.15, 0.2) is 53.4 Å². The molecule has 0 spiro atoms. The van der Waals surface area contributed by atoms with Crippen LogP contribution in [0.1, 0.15) is 22.8 Å². The molecule has 0 unspecified atom stereocenters. The molecule has 0 aliphatic heterocycles. The summed E-state index contributed by atoms with van der Waals surface area (Å²) in [5.74, 6) is -4.34. The fourth-order valence-electron chi connectivity index (χ4n) is 2.26. The average molecular weight is 371 g/mol. The van der Waals surface area contributed by atoms with Crippen molar-refractivity contribution in [2.24, 2.45) is 0 Å². The molecule has 2 aromatic carbocycles. The van der Waals surface area contributed by atoms with Crippen LogP contribution in [0.5, 0.6) is 0 Å². The highest BCUT2D eigenvalue weighted by molar-refractivity contribution is 7.91. The van der Waals surface area contributed by atoms with Crippen LogP contribution in [0.25, 0.3) is 0 Å². The lowest BCUT2D eigenvalue weighted by atomic mass is 10.1. The van der Waals surface area contributed by atoms with Gasteiger partial charge in [-0.25, -0.2) is 12.8 Å². The average Bonchev–Trinajstić information content (AvgIpc) is 2.59. The third-order valence-corrected chi connectivity index (χ3v) is 4.99. The number of benzene rings is 2. The van der Waals surface area contributed by atoms with Gasteiger partial charge in [0.2, 0.25) is 9.84 Å². The number of alkyl halides is 2. The first-order chi connectivity index (χ1) is 11.8. The van der Waals surface area contributed by atoms with E-state index in [0.717, 1.165) is 12.1 Å². The summed E-state index contributed by atoms with van der Waals surface area (Å²) in [6.45, 7) is 2.25. The van der Waals surface area contributed by atoms with Gasteiger partial charge in [0, 0.05) is 18.7 Å². The molecular weight excluding hydrogens is 355 g/mol. The molecule has 0 heterocycles. The predicted molar refractivity (Wildman–Crippen MR) is 86.4 cm³/mol. The quantitative estimate of drug-likeness (QED) is 0.781. The van der Waals surface area contributed by atoms with Crippen molar-refractivity contribution in [2.45, 2.75) is 24.1 Å². The Morgan fingerprint density at radius 2 is 1.76 bits per heavy atom. The van der Waals surface area contributed by atoms with Crippen molar-refractivity contribution < 1.29 is 26.4 Å². The Morgan fingerprint density at radius 1 is 1.12 bits per heavy atom. The summed E-state index contributed by atoms with van der Waals surface area (Å²) < 4.78 is 61.1. The Bertz CT molecular complexity index is 852. The van der Waals surface area contributed by atoms with Gasteiger partial charge < -0.3 is 4.90 Å². The number of hydrogen-bond acceptors (Lipinski definition) is 3. The highest BCUT2D eigenvalue weighted by atomic mass is 32.2. The van der Waals surface area contributed by atoms with Gasteiger partial charge in [0.15, 0.2) is 0 Å². The van der Waals surface area contributed by atoms with Crippen LogP contribution in [0.3, 0.4) is 0 Å². The highest BCUT2D eigenvalue weighted by Gasteiger charge is 2.26. The second kappa shape index (κ2) is 7.69. The SMILES string of the molecule is CCN(Cc1cccc(F)c1)C(=O)c1ccc(S(=O)(=O)C(F)F)cc1. The van der Waals surface area contributed by atoms with E-state index in [1.54, 1.807) is 13.0 Å². The summed E-state index contributed by atoms with van der Waals surface area (Å²) in [4.78, 5) is 13.4. The zero-order valence-corrected chi connectivity index (χ0v) is 14.1. The van der Waals surface area contributed by atoms with Crippen LogP contribution in [0.4, 0.5) is 13.2 Å². The summed E-state index contributed by atoms with van der Waals surface area (Å²) in [7, 11) is -4.70. The lowest BCUT2D eigenvalue weighted by Crippen LogP contribution is -2.30. The molecule has 0 bridgehead atoms. The Labute approximate surface area is 143 Å². The molecule has 0 aromatic heterocycles. The fourth-order valence-corrected chi connectivity index (χ4v) is 2.98. The van der Waals surface area contributed by atoms with Crippen molar-refractivity contribution in [3.05, 3.63) is 65.5 Å². The predicted octanol–water partition coefficient (Wildman–Crippen LogP) is 3.48. The number of amides is 1. The van der Waals surface area contributed by atoms with Crippen molar-refractivity contribution in [3.8, 4) is 0 Å². The van der Waals surface area contributed by atoms with Gasteiger partial charge in [-0.05, 0) is 48.9 Å². The zero-order chi connectivity index (χ0) is 18.6. The number of carbonyl (C=O) groups is 1. The van der Waals surface area contributed by atoms with Gasteiger partial charge in [0.05, 0.1) is 4.90 Å². The fraction of sp³-hybridized carbons (Fsp3) is 0.235. The van der Waals surface area contributed by atoms with Crippen molar-refractivity contribution in [1.82, 2.24) is 4.90 Å². The smallest absolute Gasteiger partial charge is 0.335 e. The largest absolute Gasteiger partial charge is 0.341 e. The van der Waals surface area contributed by atoms with Crippen LogP contribution in [-0.4, -0.2) is 31.5 Å². The number of rotatable bonds is 6. The molecule has 1 amide bonds. The summed E-state index contributed by atoms with van der Waals surface area (Å²) in [6.07, 6.45) is 0. The summed E-state index contributed by atoms with van der Waals surface area (Å²) in [6, 6.07) is 10.1. The Morgan fingerprint density at radius 3 is 2.28 bits per heavy atom. The summed E-state index contributed by atoms with van der Waals surface area (Å²) in [5.41, 5.74) is 0.763. The van der Waals surface area contributed by atoms with E-state index in [1.807, 2.05) is 0 Å². The lowest BCUT2D eigenvalue weighted by molar-refractivity contribution is 0.0752. The first-order valence-corrected chi connectivity index (χ1v) is 8.96. The van der Waals surface area contributed by atoms with Crippen molar-refractivity contribution in [1.29, 1.82) is 0 Å². The maximum absolute atomic E-state index is 13.2. The van der Waals surface area contributed by atoms with Crippen LogP contribution in [0, 0.1) is 5.82 Å². The normalized spacial score (nSPS) is 11.6. The second-order valence-corrected chi connectivity index (χ2v) is 7.20. The molecule has 0 N–H and O–H groups in total. The van der Waals surface area contributed by atoms with E-state index in [9.17, 15) is 26.4 Å². The van der Waals surface area contributed by atoms with Gasteiger partial charge in [-0.3, -0.25) is 4.79 Å². The molecule has 2 aromatic rings. The number of sulfone groups is 1. The number of carbonyl (C=O) groups excluding carboxylic acids is 1. The van der Waals surface area contributed by atoms with Crippen LogP contribution < -0.4 is 0 Å². The summed E-state index contributed by atoms with van der Waals surface area (Å²) in [5, 5.41) is 0. The minimum absolute atomic E-state index is 0.159. The molecule has 134 valence electrons. The van der Waals surface area contributed by atoms with Gasteiger partial charge in [0.25, 0.3) is 5.91 Å². The minimum Gasteiger partial charge on any atom is -0.335 e. The Balaban J connectivity index is 2.20.